The van der Waals surface area contributed by atoms with E-state index in [1.807, 2.05) is 13.0 Å². The summed E-state index contributed by atoms with van der Waals surface area (Å²) in [6.07, 6.45) is 3.83. The minimum Gasteiger partial charge on any atom is -0.355 e. The smallest absolute Gasteiger partial charge is 0.217 e. The number of aromatic nitrogens is 1. The highest BCUT2D eigenvalue weighted by Crippen LogP contribution is 2.31. The minimum atomic E-state index is -0.0137. The fraction of sp³-hybridized carbons (Fsp3) is 0.381. The Hall–Kier alpha value is -2.87. The molecular formula is C21H24N4O. The van der Waals surface area contributed by atoms with E-state index in [2.05, 4.69) is 45.5 Å². The van der Waals surface area contributed by atoms with Crippen LogP contribution in [0, 0.1) is 11.3 Å². The fourth-order valence-corrected chi connectivity index (χ4v) is 3.61. The number of benzene rings is 1. The van der Waals surface area contributed by atoms with E-state index < -0.39 is 0 Å². The number of rotatable bonds is 4. The van der Waals surface area contributed by atoms with Gasteiger partial charge < -0.3 is 10.2 Å². The molecule has 5 heteroatoms. The summed E-state index contributed by atoms with van der Waals surface area (Å²) < 4.78 is 0. The van der Waals surface area contributed by atoms with Crippen molar-refractivity contribution < 1.29 is 4.79 Å². The molecule has 0 saturated carbocycles. The van der Waals surface area contributed by atoms with E-state index in [4.69, 9.17) is 0 Å². The van der Waals surface area contributed by atoms with Crippen LogP contribution < -0.4 is 10.2 Å². The van der Waals surface area contributed by atoms with E-state index in [0.717, 1.165) is 37.3 Å². The second-order valence-corrected chi connectivity index (χ2v) is 6.84. The highest BCUT2D eigenvalue weighted by atomic mass is 16.1. The third-order valence-corrected chi connectivity index (χ3v) is 5.03. The molecule has 1 N–H and O–H groups in total. The summed E-state index contributed by atoms with van der Waals surface area (Å²) in [5.74, 6) is 1.30. The van der Waals surface area contributed by atoms with Crippen molar-refractivity contribution in [2.45, 2.75) is 38.6 Å². The molecule has 5 nitrogen and oxygen atoms in total. The lowest BCUT2D eigenvalue weighted by atomic mass is 9.88. The van der Waals surface area contributed by atoms with Gasteiger partial charge in [-0.25, -0.2) is 4.98 Å². The van der Waals surface area contributed by atoms with Gasteiger partial charge in [0, 0.05) is 26.2 Å². The number of carbonyl (C=O) groups excluding carboxylic acids is 1. The van der Waals surface area contributed by atoms with Crippen LogP contribution in [-0.4, -0.2) is 24.0 Å². The highest BCUT2D eigenvalue weighted by Gasteiger charge is 2.23. The molecule has 0 bridgehead atoms. The third kappa shape index (κ3) is 4.02. The maximum absolute atomic E-state index is 11.2. The highest BCUT2D eigenvalue weighted by molar-refractivity contribution is 5.73. The summed E-state index contributed by atoms with van der Waals surface area (Å²) in [6.45, 7) is 5.34. The first-order valence-electron chi connectivity index (χ1n) is 9.05. The van der Waals surface area contributed by atoms with E-state index >= 15 is 0 Å². The molecule has 1 aliphatic rings. The van der Waals surface area contributed by atoms with Crippen LogP contribution >= 0.6 is 0 Å². The number of hydrogen-bond donors (Lipinski definition) is 1. The topological polar surface area (TPSA) is 69.0 Å². The maximum atomic E-state index is 11.2. The summed E-state index contributed by atoms with van der Waals surface area (Å²) >= 11 is 0. The Bertz CT molecular complexity index is 802. The molecule has 26 heavy (non-hydrogen) atoms. The first-order valence-corrected chi connectivity index (χ1v) is 9.05. The number of carbonyl (C=O) groups is 1. The number of nitrogens with zero attached hydrogens (tertiary/aromatic N) is 3. The molecule has 134 valence electrons. The molecule has 1 saturated heterocycles. The van der Waals surface area contributed by atoms with Gasteiger partial charge >= 0.3 is 0 Å². The van der Waals surface area contributed by atoms with Gasteiger partial charge in [-0.05, 0) is 48.9 Å². The van der Waals surface area contributed by atoms with Gasteiger partial charge in [0.2, 0.25) is 5.91 Å². The molecule has 3 rings (SSSR count). The van der Waals surface area contributed by atoms with Crippen LogP contribution in [0.3, 0.4) is 0 Å². The SMILES string of the molecule is CC(=O)NC(C)c1ccc(C2CCN(c3ncccc3C#N)CC2)cc1. The molecule has 0 radical (unpaired) electrons. The van der Waals surface area contributed by atoms with Crippen molar-refractivity contribution in [3.63, 3.8) is 0 Å². The van der Waals surface area contributed by atoms with Gasteiger partial charge in [0.15, 0.2) is 0 Å². The molecule has 1 aromatic carbocycles. The summed E-state index contributed by atoms with van der Waals surface area (Å²) in [4.78, 5) is 17.8. The molecule has 1 atom stereocenters. The third-order valence-electron chi connectivity index (χ3n) is 5.03. The second-order valence-electron chi connectivity index (χ2n) is 6.84. The van der Waals surface area contributed by atoms with Gasteiger partial charge in [-0.2, -0.15) is 5.26 Å². The van der Waals surface area contributed by atoms with Crippen molar-refractivity contribution in [1.29, 1.82) is 5.26 Å². The lowest BCUT2D eigenvalue weighted by Crippen LogP contribution is -2.34. The number of anilines is 1. The number of nitriles is 1. The Kier molecular flexibility index (Phi) is 5.52. The largest absolute Gasteiger partial charge is 0.355 e. The zero-order valence-corrected chi connectivity index (χ0v) is 15.3. The number of nitrogens with one attached hydrogen (secondary N) is 1. The van der Waals surface area contributed by atoms with Crippen molar-refractivity contribution in [2.75, 3.05) is 18.0 Å². The number of amides is 1. The lowest BCUT2D eigenvalue weighted by molar-refractivity contribution is -0.119. The molecule has 1 aliphatic heterocycles. The van der Waals surface area contributed by atoms with Gasteiger partial charge in [-0.3, -0.25) is 4.79 Å². The van der Waals surface area contributed by atoms with Crippen molar-refractivity contribution in [2.24, 2.45) is 0 Å². The Morgan fingerprint density at radius 2 is 1.96 bits per heavy atom. The predicted molar refractivity (Wildman–Crippen MR) is 102 cm³/mol. The molecule has 1 fully saturated rings. The van der Waals surface area contributed by atoms with Crippen LogP contribution in [0.15, 0.2) is 42.6 Å². The Morgan fingerprint density at radius 1 is 1.27 bits per heavy atom. The zero-order chi connectivity index (χ0) is 18.5. The van der Waals surface area contributed by atoms with E-state index in [1.165, 1.54) is 12.5 Å². The maximum Gasteiger partial charge on any atom is 0.217 e. The molecule has 2 heterocycles. The van der Waals surface area contributed by atoms with E-state index in [-0.39, 0.29) is 11.9 Å². The number of piperidine rings is 1. The molecule has 1 amide bonds. The monoisotopic (exact) mass is 348 g/mol. The average molecular weight is 348 g/mol. The summed E-state index contributed by atoms with van der Waals surface area (Å²) in [7, 11) is 0. The van der Waals surface area contributed by atoms with Crippen molar-refractivity contribution in [1.82, 2.24) is 10.3 Å². The number of pyridine rings is 1. The predicted octanol–water partition coefficient (Wildman–Crippen LogP) is 3.53. The summed E-state index contributed by atoms with van der Waals surface area (Å²) in [6, 6.07) is 14.4. The Morgan fingerprint density at radius 3 is 2.58 bits per heavy atom. The lowest BCUT2D eigenvalue weighted by Gasteiger charge is -2.33. The fourth-order valence-electron chi connectivity index (χ4n) is 3.61. The standard InChI is InChI=1S/C21H24N4O/c1-15(24-16(2)26)17-5-7-18(8-6-17)19-9-12-25(13-10-19)21-20(14-22)4-3-11-23-21/h3-8,11,15,19H,9-10,12-13H2,1-2H3,(H,24,26). The normalized spacial score (nSPS) is 16.0. The average Bonchev–Trinajstić information content (AvgIpc) is 2.67. The van der Waals surface area contributed by atoms with Crippen LogP contribution in [0.2, 0.25) is 0 Å². The van der Waals surface area contributed by atoms with E-state index in [9.17, 15) is 10.1 Å². The van der Waals surface area contributed by atoms with Crippen molar-refractivity contribution in [3.05, 3.63) is 59.3 Å². The molecule has 0 aliphatic carbocycles. The summed E-state index contributed by atoms with van der Waals surface area (Å²) in [5.41, 5.74) is 3.10. The Labute approximate surface area is 154 Å². The van der Waals surface area contributed by atoms with Crippen LogP contribution in [-0.2, 0) is 4.79 Å². The zero-order valence-electron chi connectivity index (χ0n) is 15.3. The van der Waals surface area contributed by atoms with Gasteiger partial charge in [-0.15, -0.1) is 0 Å². The van der Waals surface area contributed by atoms with Gasteiger partial charge in [-0.1, -0.05) is 24.3 Å². The van der Waals surface area contributed by atoms with E-state index in [0.29, 0.717) is 11.5 Å². The van der Waals surface area contributed by atoms with Crippen LogP contribution in [0.25, 0.3) is 0 Å². The second kappa shape index (κ2) is 8.01. The van der Waals surface area contributed by atoms with E-state index in [1.54, 1.807) is 12.3 Å². The molecule has 2 aromatic rings. The first-order chi connectivity index (χ1) is 12.6. The molecule has 1 unspecified atom stereocenters. The van der Waals surface area contributed by atoms with Crippen molar-refractivity contribution in [3.8, 4) is 6.07 Å². The minimum absolute atomic E-state index is 0.0137. The summed E-state index contributed by atoms with van der Waals surface area (Å²) in [5, 5.41) is 12.2. The Balaban J connectivity index is 1.63. The molecular weight excluding hydrogens is 324 g/mol. The first kappa shape index (κ1) is 17.9. The van der Waals surface area contributed by atoms with Gasteiger partial charge in [0.1, 0.15) is 11.9 Å². The molecule has 0 spiro atoms. The van der Waals surface area contributed by atoms with Gasteiger partial charge in [0.05, 0.1) is 11.6 Å². The van der Waals surface area contributed by atoms with Crippen LogP contribution in [0.4, 0.5) is 5.82 Å². The quantitative estimate of drug-likeness (QED) is 0.918. The van der Waals surface area contributed by atoms with Gasteiger partial charge in [0.25, 0.3) is 0 Å². The molecule has 1 aromatic heterocycles. The number of hydrogen-bond acceptors (Lipinski definition) is 4. The van der Waals surface area contributed by atoms with Crippen LogP contribution in [0.5, 0.6) is 0 Å². The van der Waals surface area contributed by atoms with Crippen LogP contribution in [0.1, 0.15) is 55.3 Å². The van der Waals surface area contributed by atoms with Crippen molar-refractivity contribution >= 4 is 11.7 Å².